The van der Waals surface area contributed by atoms with Gasteiger partial charge in [0.05, 0.1) is 18.1 Å². The van der Waals surface area contributed by atoms with Gasteiger partial charge >= 0.3 is 0 Å². The van der Waals surface area contributed by atoms with Gasteiger partial charge < -0.3 is 9.64 Å². The molecule has 2 rings (SSSR count). The fourth-order valence-corrected chi connectivity index (χ4v) is 4.21. The lowest BCUT2D eigenvalue weighted by atomic mass is 10.1. The number of nitrogens with zero attached hydrogens (tertiary/aromatic N) is 1. The molecule has 0 N–H and O–H groups in total. The lowest BCUT2D eigenvalue weighted by Gasteiger charge is -2.23. The standard InChI is InChI=1S/C16H23NO4S/c1-12(2)10-21-15-6-4-5-13(9-15)16(18)17(3)14-7-8-22(19,20)11-14/h4-6,9,12,14H,7-8,10-11H2,1-3H3/t14-/m0/s1. The molecule has 0 unspecified atom stereocenters. The zero-order valence-electron chi connectivity index (χ0n) is 13.3. The molecule has 1 heterocycles. The molecule has 0 aliphatic carbocycles. The van der Waals surface area contributed by atoms with Gasteiger partial charge in [-0.3, -0.25) is 4.79 Å². The highest BCUT2D eigenvalue weighted by molar-refractivity contribution is 7.91. The number of ether oxygens (including phenoxy) is 1. The second kappa shape index (κ2) is 6.69. The van der Waals surface area contributed by atoms with Gasteiger partial charge in [0.15, 0.2) is 9.84 Å². The Bertz CT molecular complexity index is 639. The number of rotatable bonds is 5. The molecule has 1 aliphatic rings. The first-order valence-corrected chi connectivity index (χ1v) is 9.31. The topological polar surface area (TPSA) is 63.7 Å². The molecule has 22 heavy (non-hydrogen) atoms. The monoisotopic (exact) mass is 325 g/mol. The predicted molar refractivity (Wildman–Crippen MR) is 85.9 cm³/mol. The molecule has 0 spiro atoms. The van der Waals surface area contributed by atoms with Gasteiger partial charge in [-0.25, -0.2) is 8.42 Å². The van der Waals surface area contributed by atoms with E-state index >= 15 is 0 Å². The lowest BCUT2D eigenvalue weighted by Crippen LogP contribution is -2.37. The molecule has 5 nitrogen and oxygen atoms in total. The Balaban J connectivity index is 2.07. The molecule has 0 bridgehead atoms. The summed E-state index contributed by atoms with van der Waals surface area (Å²) >= 11 is 0. The Morgan fingerprint density at radius 3 is 2.73 bits per heavy atom. The van der Waals surface area contributed by atoms with Crippen LogP contribution in [0.25, 0.3) is 0 Å². The largest absolute Gasteiger partial charge is 0.493 e. The number of benzene rings is 1. The summed E-state index contributed by atoms with van der Waals surface area (Å²) in [6.07, 6.45) is 0.508. The molecule has 1 amide bonds. The predicted octanol–water partition coefficient (Wildman–Crippen LogP) is 1.98. The van der Waals surface area contributed by atoms with E-state index in [4.69, 9.17) is 4.74 Å². The molecule has 1 saturated heterocycles. The summed E-state index contributed by atoms with van der Waals surface area (Å²) in [4.78, 5) is 14.0. The van der Waals surface area contributed by atoms with E-state index in [2.05, 4.69) is 13.8 Å². The highest BCUT2D eigenvalue weighted by Crippen LogP contribution is 2.20. The number of hydrogen-bond acceptors (Lipinski definition) is 4. The van der Waals surface area contributed by atoms with E-state index in [-0.39, 0.29) is 23.5 Å². The second-order valence-electron chi connectivity index (χ2n) is 6.21. The number of hydrogen-bond donors (Lipinski definition) is 0. The molecule has 0 saturated carbocycles. The molecule has 1 aromatic carbocycles. The van der Waals surface area contributed by atoms with Crippen LogP contribution < -0.4 is 4.74 Å². The van der Waals surface area contributed by atoms with Gasteiger partial charge in [0.2, 0.25) is 0 Å². The van der Waals surface area contributed by atoms with Crippen LogP contribution in [0, 0.1) is 5.92 Å². The van der Waals surface area contributed by atoms with E-state index in [9.17, 15) is 13.2 Å². The maximum atomic E-state index is 12.5. The Kier molecular flexibility index (Phi) is 5.11. The summed E-state index contributed by atoms with van der Waals surface area (Å²) < 4.78 is 28.7. The average molecular weight is 325 g/mol. The Morgan fingerprint density at radius 2 is 2.14 bits per heavy atom. The fourth-order valence-electron chi connectivity index (χ4n) is 2.43. The van der Waals surface area contributed by atoms with Gasteiger partial charge in [-0.15, -0.1) is 0 Å². The molecular weight excluding hydrogens is 302 g/mol. The molecule has 1 aliphatic heterocycles. The van der Waals surface area contributed by atoms with Crippen molar-refractivity contribution in [2.75, 3.05) is 25.2 Å². The molecule has 0 aromatic heterocycles. The first kappa shape index (κ1) is 16.8. The van der Waals surface area contributed by atoms with Gasteiger partial charge in [0, 0.05) is 18.7 Å². The van der Waals surface area contributed by atoms with Gasteiger partial charge in [-0.05, 0) is 30.5 Å². The van der Waals surface area contributed by atoms with Crippen LogP contribution in [0.15, 0.2) is 24.3 Å². The normalized spacial score (nSPS) is 20.1. The minimum atomic E-state index is -3.00. The van der Waals surface area contributed by atoms with E-state index in [1.165, 1.54) is 4.90 Å². The quantitative estimate of drug-likeness (QED) is 0.830. The van der Waals surface area contributed by atoms with E-state index < -0.39 is 9.84 Å². The zero-order chi connectivity index (χ0) is 16.3. The van der Waals surface area contributed by atoms with Gasteiger partial charge in [0.25, 0.3) is 5.91 Å². The summed E-state index contributed by atoms with van der Waals surface area (Å²) in [5.41, 5.74) is 0.521. The molecule has 122 valence electrons. The molecule has 6 heteroatoms. The van der Waals surface area contributed by atoms with Crippen molar-refractivity contribution in [3.8, 4) is 5.75 Å². The van der Waals surface area contributed by atoms with Crippen LogP contribution in [0.5, 0.6) is 5.75 Å². The summed E-state index contributed by atoms with van der Waals surface area (Å²) in [5.74, 6) is 1.11. The van der Waals surface area contributed by atoms with Crippen LogP contribution >= 0.6 is 0 Å². The van der Waals surface area contributed by atoms with Crippen molar-refractivity contribution in [3.63, 3.8) is 0 Å². The highest BCUT2D eigenvalue weighted by atomic mass is 32.2. The van der Waals surface area contributed by atoms with Crippen molar-refractivity contribution < 1.29 is 17.9 Å². The molecule has 0 radical (unpaired) electrons. The van der Waals surface area contributed by atoms with Crippen LogP contribution in [0.1, 0.15) is 30.6 Å². The van der Waals surface area contributed by atoms with Gasteiger partial charge in [-0.1, -0.05) is 19.9 Å². The van der Waals surface area contributed by atoms with Crippen molar-refractivity contribution >= 4 is 15.7 Å². The molecule has 1 fully saturated rings. The number of sulfone groups is 1. The smallest absolute Gasteiger partial charge is 0.254 e. The van der Waals surface area contributed by atoms with Gasteiger partial charge in [0.1, 0.15) is 5.75 Å². The summed E-state index contributed by atoms with van der Waals surface area (Å²) in [6, 6.07) is 6.80. The lowest BCUT2D eigenvalue weighted by molar-refractivity contribution is 0.0747. The summed E-state index contributed by atoms with van der Waals surface area (Å²) in [6.45, 7) is 4.71. The zero-order valence-corrected chi connectivity index (χ0v) is 14.1. The van der Waals surface area contributed by atoms with Crippen LogP contribution in [0.3, 0.4) is 0 Å². The molecule has 1 aromatic rings. The van der Waals surface area contributed by atoms with E-state index in [1.807, 2.05) is 6.07 Å². The third-order valence-corrected chi connectivity index (χ3v) is 5.49. The Morgan fingerprint density at radius 1 is 1.41 bits per heavy atom. The van der Waals surface area contributed by atoms with E-state index in [0.29, 0.717) is 30.3 Å². The van der Waals surface area contributed by atoms with E-state index in [1.54, 1.807) is 25.2 Å². The van der Waals surface area contributed by atoms with Crippen molar-refractivity contribution in [3.05, 3.63) is 29.8 Å². The fraction of sp³-hybridized carbons (Fsp3) is 0.562. The maximum Gasteiger partial charge on any atom is 0.254 e. The third-order valence-electron chi connectivity index (χ3n) is 3.74. The average Bonchev–Trinajstić information content (AvgIpc) is 2.84. The Labute approximate surface area is 132 Å². The molecular formula is C16H23NO4S. The molecule has 1 atom stereocenters. The van der Waals surface area contributed by atoms with Crippen molar-refractivity contribution in [1.29, 1.82) is 0 Å². The van der Waals surface area contributed by atoms with E-state index in [0.717, 1.165) is 0 Å². The van der Waals surface area contributed by atoms with Crippen LogP contribution in [0.4, 0.5) is 0 Å². The third kappa shape index (κ3) is 4.22. The summed E-state index contributed by atoms with van der Waals surface area (Å²) in [7, 11) is -1.34. The number of carbonyl (C=O) groups excluding carboxylic acids is 1. The van der Waals surface area contributed by atoms with Crippen LogP contribution in [-0.4, -0.2) is 50.4 Å². The van der Waals surface area contributed by atoms with Crippen molar-refractivity contribution in [2.45, 2.75) is 26.3 Å². The number of carbonyl (C=O) groups is 1. The van der Waals surface area contributed by atoms with Crippen LogP contribution in [0.2, 0.25) is 0 Å². The highest BCUT2D eigenvalue weighted by Gasteiger charge is 2.33. The summed E-state index contributed by atoms with van der Waals surface area (Å²) in [5, 5.41) is 0. The minimum absolute atomic E-state index is 0.0543. The van der Waals surface area contributed by atoms with Crippen LogP contribution in [-0.2, 0) is 9.84 Å². The van der Waals surface area contributed by atoms with Gasteiger partial charge in [-0.2, -0.15) is 0 Å². The maximum absolute atomic E-state index is 12.5. The first-order valence-electron chi connectivity index (χ1n) is 7.49. The number of amides is 1. The minimum Gasteiger partial charge on any atom is -0.493 e. The SMILES string of the molecule is CC(C)COc1cccc(C(=O)N(C)[C@H]2CCS(=O)(=O)C2)c1. The first-order chi connectivity index (χ1) is 10.3. The van der Waals surface area contributed by atoms with Crippen molar-refractivity contribution in [2.24, 2.45) is 5.92 Å². The second-order valence-corrected chi connectivity index (χ2v) is 8.43. The van der Waals surface area contributed by atoms with Crippen molar-refractivity contribution in [1.82, 2.24) is 4.90 Å². The Hall–Kier alpha value is -1.56.